The molecule has 102 valence electrons. The second-order valence-electron chi connectivity index (χ2n) is 5.11. The van der Waals surface area contributed by atoms with Gasteiger partial charge >= 0.3 is 0 Å². The van der Waals surface area contributed by atoms with Gasteiger partial charge in [-0.25, -0.2) is 0 Å². The molecule has 1 heterocycles. The van der Waals surface area contributed by atoms with Crippen molar-refractivity contribution in [3.63, 3.8) is 0 Å². The Morgan fingerprint density at radius 1 is 0.800 bits per heavy atom. The van der Waals surface area contributed by atoms with Crippen LogP contribution in [-0.2, 0) is 9.47 Å². The standard InChI is InChI=1S/C18H18O2/c1-13(2)18-19-16(14-9-5-3-6-10-14)17(20-18)15-11-7-4-8-12-15/h3-12,16-18H,1H2,2H3. The smallest absolute Gasteiger partial charge is 0.181 e. The van der Waals surface area contributed by atoms with E-state index in [-0.39, 0.29) is 18.5 Å². The molecule has 0 amide bonds. The van der Waals surface area contributed by atoms with Crippen LogP contribution in [0, 0.1) is 0 Å². The SMILES string of the molecule is C=C(C)C1OC(c2ccccc2)C(c2ccccc2)O1. The minimum Gasteiger partial charge on any atom is -0.338 e. The molecule has 2 atom stereocenters. The molecular weight excluding hydrogens is 248 g/mol. The highest BCUT2D eigenvalue weighted by molar-refractivity contribution is 5.26. The molecule has 0 aromatic heterocycles. The molecule has 2 aromatic rings. The van der Waals surface area contributed by atoms with Crippen LogP contribution in [0.25, 0.3) is 0 Å². The molecule has 1 aliphatic rings. The highest BCUT2D eigenvalue weighted by Gasteiger charge is 2.38. The Labute approximate surface area is 119 Å². The number of rotatable bonds is 3. The van der Waals surface area contributed by atoms with Gasteiger partial charge in [0.05, 0.1) is 0 Å². The number of ether oxygens (including phenoxy) is 2. The molecule has 0 radical (unpaired) electrons. The topological polar surface area (TPSA) is 18.5 Å². The summed E-state index contributed by atoms with van der Waals surface area (Å²) in [6.07, 6.45) is -0.536. The van der Waals surface area contributed by atoms with Crippen molar-refractivity contribution < 1.29 is 9.47 Å². The van der Waals surface area contributed by atoms with E-state index in [4.69, 9.17) is 9.47 Å². The average Bonchev–Trinajstić information content (AvgIpc) is 2.94. The molecule has 0 spiro atoms. The fourth-order valence-electron chi connectivity index (χ4n) is 2.47. The Kier molecular flexibility index (Phi) is 3.68. The van der Waals surface area contributed by atoms with Crippen molar-refractivity contribution in [1.29, 1.82) is 0 Å². The zero-order valence-electron chi connectivity index (χ0n) is 11.5. The molecule has 0 saturated carbocycles. The zero-order valence-corrected chi connectivity index (χ0v) is 11.5. The second kappa shape index (κ2) is 5.61. The van der Waals surface area contributed by atoms with Crippen molar-refractivity contribution in [1.82, 2.24) is 0 Å². The van der Waals surface area contributed by atoms with Gasteiger partial charge < -0.3 is 9.47 Å². The first kappa shape index (κ1) is 13.1. The van der Waals surface area contributed by atoms with Gasteiger partial charge in [-0.3, -0.25) is 0 Å². The summed E-state index contributed by atoms with van der Waals surface area (Å²) in [4.78, 5) is 0. The molecule has 1 fully saturated rings. The summed E-state index contributed by atoms with van der Waals surface area (Å²) in [6.45, 7) is 5.87. The molecule has 2 unspecified atom stereocenters. The molecule has 0 aliphatic carbocycles. The number of hydrogen-bond donors (Lipinski definition) is 0. The molecule has 0 N–H and O–H groups in total. The van der Waals surface area contributed by atoms with Gasteiger partial charge in [-0.1, -0.05) is 67.2 Å². The minimum absolute atomic E-state index is 0.0969. The van der Waals surface area contributed by atoms with Crippen LogP contribution in [0.4, 0.5) is 0 Å². The summed E-state index contributed by atoms with van der Waals surface area (Å²) >= 11 is 0. The van der Waals surface area contributed by atoms with Gasteiger partial charge in [0, 0.05) is 0 Å². The van der Waals surface area contributed by atoms with Gasteiger partial charge in [0.2, 0.25) is 0 Å². The van der Waals surface area contributed by atoms with E-state index in [1.807, 2.05) is 43.3 Å². The van der Waals surface area contributed by atoms with Gasteiger partial charge in [0.15, 0.2) is 6.29 Å². The van der Waals surface area contributed by atoms with E-state index in [1.54, 1.807) is 0 Å². The lowest BCUT2D eigenvalue weighted by Gasteiger charge is -2.17. The highest BCUT2D eigenvalue weighted by atomic mass is 16.7. The maximum absolute atomic E-state index is 6.05. The summed E-state index contributed by atoms with van der Waals surface area (Å²) in [5.74, 6) is 0. The minimum atomic E-state index is -0.342. The van der Waals surface area contributed by atoms with Crippen LogP contribution in [0.1, 0.15) is 30.3 Å². The Hall–Kier alpha value is -1.90. The molecule has 2 heteroatoms. The zero-order chi connectivity index (χ0) is 13.9. The number of hydrogen-bond acceptors (Lipinski definition) is 2. The molecule has 2 aromatic carbocycles. The first-order valence-corrected chi connectivity index (χ1v) is 6.82. The van der Waals surface area contributed by atoms with E-state index in [2.05, 4.69) is 30.8 Å². The molecule has 1 aliphatic heterocycles. The molecular formula is C18H18O2. The third-order valence-corrected chi connectivity index (χ3v) is 3.47. The largest absolute Gasteiger partial charge is 0.338 e. The second-order valence-corrected chi connectivity index (χ2v) is 5.11. The van der Waals surface area contributed by atoms with Crippen LogP contribution in [0.3, 0.4) is 0 Å². The van der Waals surface area contributed by atoms with Gasteiger partial charge in [0.25, 0.3) is 0 Å². The highest BCUT2D eigenvalue weighted by Crippen LogP contribution is 2.43. The Morgan fingerprint density at radius 2 is 1.20 bits per heavy atom. The molecule has 0 bridgehead atoms. The lowest BCUT2D eigenvalue weighted by molar-refractivity contribution is -0.0375. The van der Waals surface area contributed by atoms with Crippen molar-refractivity contribution in [2.75, 3.05) is 0 Å². The summed E-state index contributed by atoms with van der Waals surface area (Å²) in [5, 5.41) is 0. The van der Waals surface area contributed by atoms with E-state index in [9.17, 15) is 0 Å². The Bertz CT molecular complexity index is 529. The van der Waals surface area contributed by atoms with Crippen LogP contribution >= 0.6 is 0 Å². The quantitative estimate of drug-likeness (QED) is 0.766. The maximum atomic E-state index is 6.05. The van der Waals surface area contributed by atoms with Gasteiger partial charge in [0.1, 0.15) is 12.2 Å². The van der Waals surface area contributed by atoms with Crippen LogP contribution < -0.4 is 0 Å². The molecule has 20 heavy (non-hydrogen) atoms. The summed E-state index contributed by atoms with van der Waals surface area (Å²) in [5.41, 5.74) is 3.15. The average molecular weight is 266 g/mol. The summed E-state index contributed by atoms with van der Waals surface area (Å²) in [7, 11) is 0. The van der Waals surface area contributed by atoms with E-state index < -0.39 is 0 Å². The monoisotopic (exact) mass is 266 g/mol. The lowest BCUT2D eigenvalue weighted by atomic mass is 9.99. The van der Waals surface area contributed by atoms with Crippen LogP contribution in [-0.4, -0.2) is 6.29 Å². The fraction of sp³-hybridized carbons (Fsp3) is 0.222. The predicted octanol–water partition coefficient (Wildman–Crippen LogP) is 4.42. The fourth-order valence-corrected chi connectivity index (χ4v) is 2.47. The first-order valence-electron chi connectivity index (χ1n) is 6.82. The molecule has 1 saturated heterocycles. The Balaban J connectivity index is 1.95. The van der Waals surface area contributed by atoms with E-state index in [1.165, 1.54) is 0 Å². The van der Waals surface area contributed by atoms with Crippen molar-refractivity contribution >= 4 is 0 Å². The van der Waals surface area contributed by atoms with Crippen molar-refractivity contribution in [3.8, 4) is 0 Å². The number of benzene rings is 2. The van der Waals surface area contributed by atoms with Crippen molar-refractivity contribution in [2.45, 2.75) is 25.4 Å². The van der Waals surface area contributed by atoms with E-state index >= 15 is 0 Å². The van der Waals surface area contributed by atoms with Gasteiger partial charge in [-0.2, -0.15) is 0 Å². The maximum Gasteiger partial charge on any atom is 0.181 e. The van der Waals surface area contributed by atoms with Gasteiger partial charge in [-0.15, -0.1) is 0 Å². The third kappa shape index (κ3) is 2.53. The van der Waals surface area contributed by atoms with E-state index in [0.29, 0.717) is 0 Å². The van der Waals surface area contributed by atoms with E-state index in [0.717, 1.165) is 16.7 Å². The van der Waals surface area contributed by atoms with Crippen molar-refractivity contribution in [2.24, 2.45) is 0 Å². The third-order valence-electron chi connectivity index (χ3n) is 3.47. The molecule has 2 nitrogen and oxygen atoms in total. The van der Waals surface area contributed by atoms with Crippen LogP contribution in [0.15, 0.2) is 72.8 Å². The lowest BCUT2D eigenvalue weighted by Crippen LogP contribution is -2.08. The summed E-state index contributed by atoms with van der Waals surface area (Å²) in [6, 6.07) is 20.4. The first-order chi connectivity index (χ1) is 9.75. The normalized spacial score (nSPS) is 25.6. The molecule has 3 rings (SSSR count). The van der Waals surface area contributed by atoms with Crippen molar-refractivity contribution in [3.05, 3.63) is 83.9 Å². The van der Waals surface area contributed by atoms with Gasteiger partial charge in [-0.05, 0) is 23.6 Å². The van der Waals surface area contributed by atoms with Crippen LogP contribution in [0.2, 0.25) is 0 Å². The Morgan fingerprint density at radius 3 is 1.55 bits per heavy atom. The summed E-state index contributed by atoms with van der Waals surface area (Å²) < 4.78 is 12.1. The van der Waals surface area contributed by atoms with Crippen LogP contribution in [0.5, 0.6) is 0 Å². The predicted molar refractivity (Wildman–Crippen MR) is 79.1 cm³/mol.